The second-order valence-electron chi connectivity index (χ2n) is 4.32. The van der Waals surface area contributed by atoms with E-state index < -0.39 is 0 Å². The molecular weight excluding hydrogens is 204 g/mol. The Morgan fingerprint density at radius 2 is 1.69 bits per heavy atom. The molecule has 0 aliphatic carbocycles. The van der Waals surface area contributed by atoms with E-state index in [1.165, 1.54) is 32.7 Å². The standard InChI is InChI=1S/C12H26N2O2/c1-2-13-5-7-14(8-6-13)9-12-16-11-4-3-10-15/h15H,2-12H2,1H3. The zero-order chi connectivity index (χ0) is 11.6. The predicted octanol–water partition coefficient (Wildman–Crippen LogP) is 0.413. The van der Waals surface area contributed by atoms with E-state index in [0.717, 1.165) is 32.6 Å². The van der Waals surface area contributed by atoms with E-state index in [9.17, 15) is 0 Å². The highest BCUT2D eigenvalue weighted by Crippen LogP contribution is 2.00. The first-order valence-corrected chi connectivity index (χ1v) is 6.50. The summed E-state index contributed by atoms with van der Waals surface area (Å²) >= 11 is 0. The van der Waals surface area contributed by atoms with Gasteiger partial charge in [-0.2, -0.15) is 0 Å². The molecule has 0 saturated carbocycles. The van der Waals surface area contributed by atoms with Crippen molar-refractivity contribution >= 4 is 0 Å². The van der Waals surface area contributed by atoms with Crippen LogP contribution in [0, 0.1) is 0 Å². The van der Waals surface area contributed by atoms with Crippen LogP contribution in [0.5, 0.6) is 0 Å². The van der Waals surface area contributed by atoms with Crippen LogP contribution in [0.2, 0.25) is 0 Å². The molecule has 0 aromatic heterocycles. The van der Waals surface area contributed by atoms with Gasteiger partial charge >= 0.3 is 0 Å². The summed E-state index contributed by atoms with van der Waals surface area (Å²) in [5, 5.41) is 8.61. The van der Waals surface area contributed by atoms with Crippen molar-refractivity contribution in [2.75, 3.05) is 59.1 Å². The first-order valence-electron chi connectivity index (χ1n) is 6.50. The van der Waals surface area contributed by atoms with E-state index in [4.69, 9.17) is 9.84 Å². The average molecular weight is 230 g/mol. The minimum Gasteiger partial charge on any atom is -0.396 e. The molecule has 96 valence electrons. The summed E-state index contributed by atoms with van der Waals surface area (Å²) in [6.45, 7) is 11.1. The lowest BCUT2D eigenvalue weighted by atomic mass is 10.3. The second kappa shape index (κ2) is 8.93. The third-order valence-electron chi connectivity index (χ3n) is 3.16. The van der Waals surface area contributed by atoms with Gasteiger partial charge in [-0.25, -0.2) is 0 Å². The van der Waals surface area contributed by atoms with Crippen LogP contribution in [-0.4, -0.2) is 74.0 Å². The smallest absolute Gasteiger partial charge is 0.0593 e. The zero-order valence-electron chi connectivity index (χ0n) is 10.5. The molecule has 0 amide bonds. The van der Waals surface area contributed by atoms with Crippen LogP contribution < -0.4 is 0 Å². The van der Waals surface area contributed by atoms with Gasteiger partial charge in [0.05, 0.1) is 6.61 Å². The van der Waals surface area contributed by atoms with Gasteiger partial charge in [0.2, 0.25) is 0 Å². The largest absolute Gasteiger partial charge is 0.396 e. The summed E-state index contributed by atoms with van der Waals surface area (Å²) in [5.74, 6) is 0. The molecule has 0 aromatic rings. The maximum absolute atomic E-state index is 8.61. The van der Waals surface area contributed by atoms with Crippen LogP contribution in [0.3, 0.4) is 0 Å². The van der Waals surface area contributed by atoms with E-state index in [0.29, 0.717) is 0 Å². The third kappa shape index (κ3) is 5.80. The quantitative estimate of drug-likeness (QED) is 0.613. The van der Waals surface area contributed by atoms with Crippen LogP contribution in [0.25, 0.3) is 0 Å². The lowest BCUT2D eigenvalue weighted by Crippen LogP contribution is -2.47. The van der Waals surface area contributed by atoms with Gasteiger partial charge in [-0.05, 0) is 19.4 Å². The maximum Gasteiger partial charge on any atom is 0.0593 e. The second-order valence-corrected chi connectivity index (χ2v) is 4.32. The molecule has 1 rings (SSSR count). The summed E-state index contributed by atoms with van der Waals surface area (Å²) < 4.78 is 5.53. The van der Waals surface area contributed by atoms with Crippen molar-refractivity contribution in [1.29, 1.82) is 0 Å². The molecule has 0 aromatic carbocycles. The monoisotopic (exact) mass is 230 g/mol. The first kappa shape index (κ1) is 13.9. The Morgan fingerprint density at radius 3 is 2.31 bits per heavy atom. The SMILES string of the molecule is CCN1CCN(CCOCCCCO)CC1. The fraction of sp³-hybridized carbons (Fsp3) is 1.00. The van der Waals surface area contributed by atoms with Crippen molar-refractivity contribution < 1.29 is 9.84 Å². The molecule has 1 N–H and O–H groups in total. The Labute approximate surface area is 99.2 Å². The van der Waals surface area contributed by atoms with Crippen LogP contribution in [0.1, 0.15) is 19.8 Å². The molecule has 0 atom stereocenters. The number of nitrogens with zero attached hydrogens (tertiary/aromatic N) is 2. The van der Waals surface area contributed by atoms with Gasteiger partial charge in [-0.1, -0.05) is 6.92 Å². The molecule has 16 heavy (non-hydrogen) atoms. The summed E-state index contributed by atoms with van der Waals surface area (Å²) in [6.07, 6.45) is 1.83. The molecule has 4 heteroatoms. The number of aliphatic hydroxyl groups excluding tert-OH is 1. The number of rotatable bonds is 8. The van der Waals surface area contributed by atoms with Crippen LogP contribution >= 0.6 is 0 Å². The number of hydrogen-bond donors (Lipinski definition) is 1. The van der Waals surface area contributed by atoms with Crippen LogP contribution in [0.4, 0.5) is 0 Å². The number of likely N-dealkylation sites (N-methyl/N-ethyl adjacent to an activating group) is 1. The predicted molar refractivity (Wildman–Crippen MR) is 65.7 cm³/mol. The molecule has 0 radical (unpaired) electrons. The molecule has 1 aliphatic heterocycles. The van der Waals surface area contributed by atoms with Crippen LogP contribution in [-0.2, 0) is 4.74 Å². The number of ether oxygens (including phenoxy) is 1. The summed E-state index contributed by atoms with van der Waals surface area (Å²) in [7, 11) is 0. The normalized spacial score (nSPS) is 19.1. The third-order valence-corrected chi connectivity index (χ3v) is 3.16. The lowest BCUT2D eigenvalue weighted by Gasteiger charge is -2.33. The van der Waals surface area contributed by atoms with Crippen molar-refractivity contribution in [2.45, 2.75) is 19.8 Å². The van der Waals surface area contributed by atoms with Gasteiger partial charge in [0.25, 0.3) is 0 Å². The Kier molecular flexibility index (Phi) is 7.76. The average Bonchev–Trinajstić information content (AvgIpc) is 2.34. The van der Waals surface area contributed by atoms with Crippen molar-refractivity contribution in [1.82, 2.24) is 9.80 Å². The van der Waals surface area contributed by atoms with Crippen molar-refractivity contribution in [3.63, 3.8) is 0 Å². The van der Waals surface area contributed by atoms with Gasteiger partial charge < -0.3 is 14.7 Å². The van der Waals surface area contributed by atoms with Gasteiger partial charge in [-0.15, -0.1) is 0 Å². The Bertz CT molecular complexity index is 159. The minimum absolute atomic E-state index is 0.280. The highest BCUT2D eigenvalue weighted by atomic mass is 16.5. The fourth-order valence-corrected chi connectivity index (χ4v) is 1.94. The Morgan fingerprint density at radius 1 is 1.00 bits per heavy atom. The molecule has 0 spiro atoms. The molecule has 0 bridgehead atoms. The van der Waals surface area contributed by atoms with E-state index in [2.05, 4.69) is 16.7 Å². The van der Waals surface area contributed by atoms with Gasteiger partial charge in [-0.3, -0.25) is 4.90 Å². The van der Waals surface area contributed by atoms with Crippen molar-refractivity contribution in [3.05, 3.63) is 0 Å². The number of piperazine rings is 1. The van der Waals surface area contributed by atoms with Crippen molar-refractivity contribution in [2.24, 2.45) is 0 Å². The highest BCUT2D eigenvalue weighted by molar-refractivity contribution is 4.70. The number of hydrogen-bond acceptors (Lipinski definition) is 4. The van der Waals surface area contributed by atoms with Crippen LogP contribution in [0.15, 0.2) is 0 Å². The number of aliphatic hydroxyl groups is 1. The lowest BCUT2D eigenvalue weighted by molar-refractivity contribution is 0.0739. The number of unbranched alkanes of at least 4 members (excludes halogenated alkanes) is 1. The fourth-order valence-electron chi connectivity index (χ4n) is 1.94. The molecular formula is C12H26N2O2. The summed E-state index contributed by atoms with van der Waals surface area (Å²) in [6, 6.07) is 0. The van der Waals surface area contributed by atoms with Crippen molar-refractivity contribution in [3.8, 4) is 0 Å². The molecule has 0 unspecified atom stereocenters. The van der Waals surface area contributed by atoms with Gasteiger partial charge in [0.15, 0.2) is 0 Å². The van der Waals surface area contributed by atoms with Gasteiger partial charge in [0, 0.05) is 45.9 Å². The highest BCUT2D eigenvalue weighted by Gasteiger charge is 2.14. The topological polar surface area (TPSA) is 35.9 Å². The Hall–Kier alpha value is -0.160. The minimum atomic E-state index is 0.280. The summed E-state index contributed by atoms with van der Waals surface area (Å²) in [5.41, 5.74) is 0. The van der Waals surface area contributed by atoms with E-state index in [1.54, 1.807) is 0 Å². The molecule has 1 aliphatic rings. The molecule has 1 heterocycles. The summed E-state index contributed by atoms with van der Waals surface area (Å²) in [4.78, 5) is 4.96. The van der Waals surface area contributed by atoms with E-state index in [1.807, 2.05) is 0 Å². The Balaban J connectivity index is 1.90. The molecule has 4 nitrogen and oxygen atoms in total. The zero-order valence-corrected chi connectivity index (χ0v) is 10.5. The van der Waals surface area contributed by atoms with E-state index >= 15 is 0 Å². The van der Waals surface area contributed by atoms with E-state index in [-0.39, 0.29) is 6.61 Å². The van der Waals surface area contributed by atoms with Gasteiger partial charge in [0.1, 0.15) is 0 Å². The molecule has 1 saturated heterocycles. The molecule has 1 fully saturated rings. The maximum atomic E-state index is 8.61. The first-order chi connectivity index (χ1) is 7.86.